The van der Waals surface area contributed by atoms with E-state index in [0.29, 0.717) is 17.5 Å². The molecule has 3 aromatic rings. The third-order valence-electron chi connectivity index (χ3n) is 8.39. The van der Waals surface area contributed by atoms with Gasteiger partial charge in [0.25, 0.3) is 5.91 Å². The van der Waals surface area contributed by atoms with Gasteiger partial charge in [0, 0.05) is 59.8 Å². The van der Waals surface area contributed by atoms with Crippen molar-refractivity contribution in [3.8, 4) is 0 Å². The van der Waals surface area contributed by atoms with Gasteiger partial charge in [0.15, 0.2) is 0 Å². The van der Waals surface area contributed by atoms with Gasteiger partial charge >= 0.3 is 0 Å². The number of likely N-dealkylation sites (tertiary alicyclic amines) is 2. The molecular weight excluding hydrogens is 394 g/mol. The van der Waals surface area contributed by atoms with Crippen molar-refractivity contribution in [2.24, 2.45) is 5.41 Å². The summed E-state index contributed by atoms with van der Waals surface area (Å²) in [6.45, 7) is 2.97. The molecule has 1 amide bonds. The largest absolute Gasteiger partial charge is 0.361 e. The van der Waals surface area contributed by atoms with E-state index in [1.165, 1.54) is 44.2 Å². The number of carbonyl (C=O) groups excluding carboxylic acids is 1. The number of rotatable bonds is 3. The number of piperidine rings is 1. The first-order chi connectivity index (χ1) is 15.7. The molecule has 0 unspecified atom stereocenters. The summed E-state index contributed by atoms with van der Waals surface area (Å²) in [6.07, 6.45) is 11.0. The first kappa shape index (κ1) is 20.0. The van der Waals surface area contributed by atoms with Crippen LogP contribution in [0.2, 0.25) is 0 Å². The Morgan fingerprint density at radius 1 is 0.938 bits per heavy atom. The fraction of sp³-hybridized carbons (Fsp3) is 0.464. The van der Waals surface area contributed by atoms with Gasteiger partial charge in [0.2, 0.25) is 0 Å². The number of H-pyrrole nitrogens is 1. The fourth-order valence-corrected chi connectivity index (χ4v) is 6.76. The summed E-state index contributed by atoms with van der Waals surface area (Å²) in [5.41, 5.74) is 3.88. The molecule has 166 valence electrons. The van der Waals surface area contributed by atoms with Crippen LogP contribution < -0.4 is 0 Å². The molecule has 32 heavy (non-hydrogen) atoms. The summed E-state index contributed by atoms with van der Waals surface area (Å²) in [5, 5.41) is 1.11. The smallest absolute Gasteiger partial charge is 0.253 e. The minimum absolute atomic E-state index is 0.179. The van der Waals surface area contributed by atoms with E-state index in [1.807, 2.05) is 30.5 Å². The zero-order valence-corrected chi connectivity index (χ0v) is 18.8. The summed E-state index contributed by atoms with van der Waals surface area (Å²) < 4.78 is 0. The van der Waals surface area contributed by atoms with Crippen molar-refractivity contribution < 1.29 is 4.79 Å². The van der Waals surface area contributed by atoms with Crippen molar-refractivity contribution in [3.63, 3.8) is 0 Å². The molecule has 1 aliphatic carbocycles. The van der Waals surface area contributed by atoms with E-state index in [-0.39, 0.29) is 5.91 Å². The molecule has 3 heterocycles. The van der Waals surface area contributed by atoms with Crippen LogP contribution in [0.25, 0.3) is 10.9 Å². The van der Waals surface area contributed by atoms with Gasteiger partial charge in [0.1, 0.15) is 0 Å². The number of nitrogens with zero attached hydrogens (tertiary/aromatic N) is 2. The van der Waals surface area contributed by atoms with Gasteiger partial charge in [-0.1, -0.05) is 49.6 Å². The average molecular weight is 428 g/mol. The van der Waals surface area contributed by atoms with Crippen LogP contribution in [0.3, 0.4) is 0 Å². The van der Waals surface area contributed by atoms with E-state index in [2.05, 4.69) is 45.1 Å². The van der Waals surface area contributed by atoms with Crippen LogP contribution in [-0.2, 0) is 0 Å². The Morgan fingerprint density at radius 3 is 2.50 bits per heavy atom. The molecule has 2 saturated heterocycles. The zero-order valence-electron chi connectivity index (χ0n) is 18.8. The minimum Gasteiger partial charge on any atom is -0.361 e. The predicted molar refractivity (Wildman–Crippen MR) is 129 cm³/mol. The monoisotopic (exact) mass is 427 g/mol. The van der Waals surface area contributed by atoms with Gasteiger partial charge in [-0.05, 0) is 55.5 Å². The number of amides is 1. The number of nitrogens with one attached hydrogen (secondary N) is 1. The van der Waals surface area contributed by atoms with Gasteiger partial charge < -0.3 is 9.88 Å². The molecule has 1 N–H and O–H groups in total. The Hall–Kier alpha value is -2.59. The molecule has 2 aromatic carbocycles. The normalized spacial score (nSPS) is 24.0. The fourth-order valence-electron chi connectivity index (χ4n) is 6.76. The second kappa shape index (κ2) is 8.08. The molecule has 4 nitrogen and oxygen atoms in total. The molecule has 3 fully saturated rings. The van der Waals surface area contributed by atoms with E-state index in [1.54, 1.807) is 0 Å². The van der Waals surface area contributed by atoms with E-state index in [4.69, 9.17) is 0 Å². The maximum atomic E-state index is 13.2. The molecule has 6 rings (SSSR count). The SMILES string of the molecule is O=C(c1ccc2[nH]ccc2c1)N1CCC(N2CC3(CCCCC3)[C@H]2c2ccccc2)CC1. The Morgan fingerprint density at radius 2 is 1.72 bits per heavy atom. The highest BCUT2D eigenvalue weighted by molar-refractivity contribution is 5.98. The standard InChI is InChI=1S/C28H33N3O/c32-27(23-9-10-25-22(19-23)11-16-29-25)30-17-12-24(13-18-30)31-20-28(14-5-2-6-15-28)26(31)21-7-3-1-4-8-21/h1,3-4,7-11,16,19,24,26,29H,2,5-6,12-15,17-18,20H2/t26-/m1/s1. The zero-order chi connectivity index (χ0) is 21.5. The highest BCUT2D eigenvalue weighted by atomic mass is 16.2. The molecule has 1 saturated carbocycles. The number of benzene rings is 2. The third kappa shape index (κ3) is 3.36. The summed E-state index contributed by atoms with van der Waals surface area (Å²) >= 11 is 0. The van der Waals surface area contributed by atoms with E-state index >= 15 is 0 Å². The van der Waals surface area contributed by atoms with Crippen molar-refractivity contribution in [3.05, 3.63) is 71.9 Å². The van der Waals surface area contributed by atoms with Crippen molar-refractivity contribution in [2.45, 2.75) is 57.0 Å². The molecule has 1 aromatic heterocycles. The second-order valence-electron chi connectivity index (χ2n) is 10.2. The molecule has 3 aliphatic rings. The molecule has 4 heteroatoms. The van der Waals surface area contributed by atoms with E-state index < -0.39 is 0 Å². The van der Waals surface area contributed by atoms with Gasteiger partial charge in [-0.2, -0.15) is 0 Å². The lowest BCUT2D eigenvalue weighted by molar-refractivity contribution is -0.132. The molecule has 2 aliphatic heterocycles. The lowest BCUT2D eigenvalue weighted by Gasteiger charge is -2.63. The quantitative estimate of drug-likeness (QED) is 0.575. The van der Waals surface area contributed by atoms with E-state index in [9.17, 15) is 4.79 Å². The minimum atomic E-state index is 0.179. The third-order valence-corrected chi connectivity index (χ3v) is 8.39. The predicted octanol–water partition coefficient (Wildman–Crippen LogP) is 5.78. The van der Waals surface area contributed by atoms with Crippen LogP contribution in [0.1, 0.15) is 66.9 Å². The van der Waals surface area contributed by atoms with Crippen molar-refractivity contribution in [1.82, 2.24) is 14.8 Å². The number of hydrogen-bond acceptors (Lipinski definition) is 2. The molecule has 0 bridgehead atoms. The topological polar surface area (TPSA) is 39.3 Å². The Kier molecular flexibility index (Phi) is 5.06. The van der Waals surface area contributed by atoms with E-state index in [0.717, 1.165) is 42.4 Å². The number of fused-ring (bicyclic) bond motifs is 1. The van der Waals surface area contributed by atoms with Gasteiger partial charge in [-0.15, -0.1) is 0 Å². The van der Waals surface area contributed by atoms with Crippen molar-refractivity contribution in [2.75, 3.05) is 19.6 Å². The van der Waals surface area contributed by atoms with Crippen LogP contribution in [0.4, 0.5) is 0 Å². The average Bonchev–Trinajstić information content (AvgIpc) is 3.32. The Labute approximate surface area is 190 Å². The first-order valence-corrected chi connectivity index (χ1v) is 12.4. The number of aromatic amines is 1. The van der Waals surface area contributed by atoms with Gasteiger partial charge in [-0.25, -0.2) is 0 Å². The Balaban J connectivity index is 1.15. The van der Waals surface area contributed by atoms with Gasteiger partial charge in [-0.3, -0.25) is 9.69 Å². The maximum absolute atomic E-state index is 13.2. The van der Waals surface area contributed by atoms with Crippen molar-refractivity contribution in [1.29, 1.82) is 0 Å². The summed E-state index contributed by atoms with van der Waals surface area (Å²) in [7, 11) is 0. The highest BCUT2D eigenvalue weighted by Gasteiger charge is 2.54. The lowest BCUT2D eigenvalue weighted by Crippen LogP contribution is -2.63. The van der Waals surface area contributed by atoms with Crippen LogP contribution in [-0.4, -0.2) is 46.4 Å². The maximum Gasteiger partial charge on any atom is 0.253 e. The summed E-state index contributed by atoms with van der Waals surface area (Å²) in [6, 6.07) is 20.4. The Bertz CT molecular complexity index is 1090. The van der Waals surface area contributed by atoms with Crippen LogP contribution in [0.15, 0.2) is 60.8 Å². The molecule has 1 atom stereocenters. The molecular formula is C28H33N3O. The highest BCUT2D eigenvalue weighted by Crippen LogP contribution is 2.58. The number of aromatic nitrogens is 1. The first-order valence-electron chi connectivity index (χ1n) is 12.4. The number of hydrogen-bond donors (Lipinski definition) is 1. The van der Waals surface area contributed by atoms with Crippen LogP contribution >= 0.6 is 0 Å². The summed E-state index contributed by atoms with van der Waals surface area (Å²) in [5.74, 6) is 0.179. The second-order valence-corrected chi connectivity index (χ2v) is 10.2. The number of carbonyl (C=O) groups is 1. The molecule has 0 radical (unpaired) electrons. The van der Waals surface area contributed by atoms with Crippen molar-refractivity contribution >= 4 is 16.8 Å². The van der Waals surface area contributed by atoms with Gasteiger partial charge in [0.05, 0.1) is 0 Å². The molecule has 1 spiro atoms. The van der Waals surface area contributed by atoms with Crippen LogP contribution in [0, 0.1) is 5.41 Å². The van der Waals surface area contributed by atoms with Crippen LogP contribution in [0.5, 0.6) is 0 Å². The lowest BCUT2D eigenvalue weighted by atomic mass is 9.60. The summed E-state index contributed by atoms with van der Waals surface area (Å²) in [4.78, 5) is 21.2.